The highest BCUT2D eigenvalue weighted by atomic mass is 79.9. The number of ether oxygens (including phenoxy) is 1. The minimum atomic E-state index is -0.185. The molecular formula is C17H17BrN2O3S. The van der Waals surface area contributed by atoms with E-state index in [2.05, 4.69) is 26.2 Å². The van der Waals surface area contributed by atoms with Gasteiger partial charge in [0.1, 0.15) is 0 Å². The Morgan fingerprint density at radius 2 is 2.12 bits per heavy atom. The number of aromatic nitrogens is 1. The average molecular weight is 409 g/mol. The fourth-order valence-electron chi connectivity index (χ4n) is 2.66. The first-order chi connectivity index (χ1) is 11.6. The highest BCUT2D eigenvalue weighted by Gasteiger charge is 2.28. The van der Waals surface area contributed by atoms with E-state index in [4.69, 9.17) is 4.74 Å². The lowest BCUT2D eigenvalue weighted by Crippen LogP contribution is -2.24. The van der Waals surface area contributed by atoms with Crippen LogP contribution in [0.5, 0.6) is 0 Å². The van der Waals surface area contributed by atoms with Crippen LogP contribution >= 0.6 is 27.3 Å². The average Bonchev–Trinajstić information content (AvgIpc) is 2.96. The van der Waals surface area contributed by atoms with Gasteiger partial charge in [0.05, 0.1) is 18.2 Å². The molecule has 0 aliphatic heterocycles. The van der Waals surface area contributed by atoms with Crippen molar-refractivity contribution < 1.29 is 14.3 Å². The zero-order valence-electron chi connectivity index (χ0n) is 13.2. The van der Waals surface area contributed by atoms with Crippen molar-refractivity contribution in [2.45, 2.75) is 26.2 Å². The van der Waals surface area contributed by atoms with Crippen molar-refractivity contribution in [1.29, 1.82) is 0 Å². The molecule has 0 saturated carbocycles. The van der Waals surface area contributed by atoms with Crippen LogP contribution in [0.25, 0.3) is 0 Å². The lowest BCUT2D eigenvalue weighted by atomic mass is 9.91. The Bertz CT molecular complexity index is 758. The predicted octanol–water partition coefficient (Wildman–Crippen LogP) is 3.83. The summed E-state index contributed by atoms with van der Waals surface area (Å²) in [7, 11) is 0. The normalized spacial score (nSPS) is 16.3. The number of aryl methyl sites for hydroxylation is 1. The Labute approximate surface area is 152 Å². The maximum atomic E-state index is 12.3. The monoisotopic (exact) mass is 408 g/mol. The molecule has 7 heteroatoms. The van der Waals surface area contributed by atoms with Crippen LogP contribution in [0.2, 0.25) is 0 Å². The quantitative estimate of drug-likeness (QED) is 0.780. The molecule has 1 heterocycles. The third-order valence-corrected chi connectivity index (χ3v) is 5.45. The molecular weight excluding hydrogens is 392 g/mol. The number of hydrogen-bond acceptors (Lipinski definition) is 5. The smallest absolute Gasteiger partial charge is 0.309 e. The second-order valence-electron chi connectivity index (χ2n) is 5.54. The van der Waals surface area contributed by atoms with E-state index < -0.39 is 0 Å². The van der Waals surface area contributed by atoms with Crippen LogP contribution in [0.15, 0.2) is 28.7 Å². The number of rotatable bonds is 4. The van der Waals surface area contributed by atoms with Crippen molar-refractivity contribution in [1.82, 2.24) is 4.98 Å². The summed E-state index contributed by atoms with van der Waals surface area (Å²) in [6.45, 7) is 2.22. The van der Waals surface area contributed by atoms with Gasteiger partial charge in [0.2, 0.25) is 0 Å². The molecule has 2 aromatic rings. The Hall–Kier alpha value is -1.73. The maximum Gasteiger partial charge on any atom is 0.309 e. The van der Waals surface area contributed by atoms with Gasteiger partial charge >= 0.3 is 5.97 Å². The molecule has 1 aliphatic rings. The summed E-state index contributed by atoms with van der Waals surface area (Å²) in [5, 5.41) is 3.42. The van der Waals surface area contributed by atoms with Gasteiger partial charge in [-0.1, -0.05) is 15.9 Å². The number of halogens is 1. The number of carbonyl (C=O) groups is 2. The number of nitrogens with one attached hydrogen (secondary N) is 1. The number of thiazole rings is 1. The van der Waals surface area contributed by atoms with E-state index in [-0.39, 0.29) is 17.8 Å². The van der Waals surface area contributed by atoms with E-state index >= 15 is 0 Å². The second kappa shape index (κ2) is 7.44. The van der Waals surface area contributed by atoms with E-state index in [0.717, 1.165) is 27.9 Å². The first-order valence-corrected chi connectivity index (χ1v) is 9.40. The van der Waals surface area contributed by atoms with Gasteiger partial charge in [-0.05, 0) is 50.5 Å². The molecule has 0 fully saturated rings. The number of anilines is 1. The zero-order valence-corrected chi connectivity index (χ0v) is 15.6. The zero-order chi connectivity index (χ0) is 17.1. The minimum Gasteiger partial charge on any atom is -0.466 e. The molecule has 24 heavy (non-hydrogen) atoms. The van der Waals surface area contributed by atoms with E-state index in [0.29, 0.717) is 23.7 Å². The second-order valence-corrected chi connectivity index (χ2v) is 7.54. The molecule has 1 aromatic heterocycles. The molecule has 3 rings (SSSR count). The summed E-state index contributed by atoms with van der Waals surface area (Å²) in [5.74, 6) is -0.430. The molecule has 5 nitrogen and oxygen atoms in total. The summed E-state index contributed by atoms with van der Waals surface area (Å²) < 4.78 is 6.03. The maximum absolute atomic E-state index is 12.3. The Balaban J connectivity index is 1.68. The van der Waals surface area contributed by atoms with Gasteiger partial charge in [0.25, 0.3) is 5.91 Å². The van der Waals surface area contributed by atoms with Crippen LogP contribution in [-0.4, -0.2) is 23.5 Å². The molecule has 0 radical (unpaired) electrons. The largest absolute Gasteiger partial charge is 0.466 e. The van der Waals surface area contributed by atoms with Crippen molar-refractivity contribution in [3.05, 3.63) is 44.9 Å². The molecule has 0 spiro atoms. The Morgan fingerprint density at radius 3 is 2.83 bits per heavy atom. The number of carbonyl (C=O) groups excluding carboxylic acids is 2. The molecule has 1 atom stereocenters. The van der Waals surface area contributed by atoms with Gasteiger partial charge in [-0.2, -0.15) is 0 Å². The fourth-order valence-corrected chi connectivity index (χ4v) is 4.01. The van der Waals surface area contributed by atoms with Crippen molar-refractivity contribution in [3.63, 3.8) is 0 Å². The molecule has 0 saturated heterocycles. The summed E-state index contributed by atoms with van der Waals surface area (Å²) in [5.41, 5.74) is 1.56. The molecule has 1 unspecified atom stereocenters. The number of fused-ring (bicyclic) bond motifs is 1. The molecule has 1 aliphatic carbocycles. The van der Waals surface area contributed by atoms with Gasteiger partial charge < -0.3 is 4.74 Å². The SMILES string of the molecule is CCOC(=O)C1CCc2nc(NC(=O)c3ccc(Br)cc3)sc2C1. The van der Waals surface area contributed by atoms with Crippen LogP contribution in [0.1, 0.15) is 34.3 Å². The molecule has 1 N–H and O–H groups in total. The van der Waals surface area contributed by atoms with Crippen LogP contribution in [-0.2, 0) is 22.4 Å². The third-order valence-electron chi connectivity index (χ3n) is 3.89. The highest BCUT2D eigenvalue weighted by molar-refractivity contribution is 9.10. The van der Waals surface area contributed by atoms with E-state index in [1.807, 2.05) is 19.1 Å². The molecule has 126 valence electrons. The highest BCUT2D eigenvalue weighted by Crippen LogP contribution is 2.33. The minimum absolute atomic E-state index is 0.104. The number of benzene rings is 1. The van der Waals surface area contributed by atoms with Crippen molar-refractivity contribution in [2.24, 2.45) is 5.92 Å². The topological polar surface area (TPSA) is 68.3 Å². The third kappa shape index (κ3) is 3.84. The first kappa shape index (κ1) is 17.1. The fraction of sp³-hybridized carbons (Fsp3) is 0.353. The van der Waals surface area contributed by atoms with Gasteiger partial charge in [-0.15, -0.1) is 11.3 Å². The van der Waals surface area contributed by atoms with E-state index in [1.165, 1.54) is 11.3 Å². The van der Waals surface area contributed by atoms with Crippen molar-refractivity contribution in [3.8, 4) is 0 Å². The van der Waals surface area contributed by atoms with Gasteiger partial charge in [-0.3, -0.25) is 14.9 Å². The van der Waals surface area contributed by atoms with E-state index in [1.54, 1.807) is 12.1 Å². The first-order valence-electron chi connectivity index (χ1n) is 7.79. The van der Waals surface area contributed by atoms with Gasteiger partial charge in [-0.25, -0.2) is 4.98 Å². The summed E-state index contributed by atoms with van der Waals surface area (Å²) in [6, 6.07) is 7.16. The standard InChI is InChI=1S/C17H17BrN2O3S/c1-2-23-16(22)11-5-8-13-14(9-11)24-17(19-13)20-15(21)10-3-6-12(18)7-4-10/h3-4,6-7,11H,2,5,8-9H2,1H3,(H,19,20,21). The van der Waals surface area contributed by atoms with Gasteiger partial charge in [0, 0.05) is 14.9 Å². The Kier molecular flexibility index (Phi) is 5.30. The summed E-state index contributed by atoms with van der Waals surface area (Å²) in [6.07, 6.45) is 2.12. The molecule has 0 bridgehead atoms. The van der Waals surface area contributed by atoms with E-state index in [9.17, 15) is 9.59 Å². The molecule has 1 aromatic carbocycles. The van der Waals surface area contributed by atoms with Crippen LogP contribution in [0.3, 0.4) is 0 Å². The predicted molar refractivity (Wildman–Crippen MR) is 96.4 cm³/mol. The summed E-state index contributed by atoms with van der Waals surface area (Å²) >= 11 is 4.79. The van der Waals surface area contributed by atoms with Crippen molar-refractivity contribution in [2.75, 3.05) is 11.9 Å². The number of hydrogen-bond donors (Lipinski definition) is 1. The lowest BCUT2D eigenvalue weighted by molar-refractivity contribution is -0.148. The Morgan fingerprint density at radius 1 is 1.38 bits per heavy atom. The van der Waals surface area contributed by atoms with Crippen LogP contribution in [0.4, 0.5) is 5.13 Å². The molecule has 1 amide bonds. The number of esters is 1. The summed E-state index contributed by atoms with van der Waals surface area (Å²) in [4.78, 5) is 29.7. The number of amides is 1. The van der Waals surface area contributed by atoms with Crippen molar-refractivity contribution >= 4 is 44.3 Å². The van der Waals surface area contributed by atoms with Gasteiger partial charge in [0.15, 0.2) is 5.13 Å². The number of nitrogens with zero attached hydrogens (tertiary/aromatic N) is 1. The van der Waals surface area contributed by atoms with Crippen LogP contribution in [0, 0.1) is 5.92 Å². The van der Waals surface area contributed by atoms with Crippen LogP contribution < -0.4 is 5.32 Å². The lowest BCUT2D eigenvalue weighted by Gasteiger charge is -2.18.